The minimum absolute atomic E-state index is 0.171. The van der Waals surface area contributed by atoms with Gasteiger partial charge in [0.15, 0.2) is 0 Å². The highest BCUT2D eigenvalue weighted by molar-refractivity contribution is 4.90. The predicted octanol–water partition coefficient (Wildman–Crippen LogP) is 3.13. The van der Waals surface area contributed by atoms with Gasteiger partial charge in [-0.05, 0) is 39.5 Å². The Kier molecular flexibility index (Phi) is 2.29. The van der Waals surface area contributed by atoms with Gasteiger partial charge in [-0.2, -0.15) is 0 Å². The monoisotopic (exact) mass is 156 g/mol. The van der Waals surface area contributed by atoms with Gasteiger partial charge in [-0.3, -0.25) is 0 Å². The summed E-state index contributed by atoms with van der Waals surface area (Å²) in [6.07, 6.45) is 4.74. The van der Waals surface area contributed by atoms with Crippen molar-refractivity contribution in [2.24, 2.45) is 0 Å². The van der Waals surface area contributed by atoms with E-state index in [1.54, 1.807) is 0 Å². The highest BCUT2D eigenvalue weighted by atomic mass is 16.5. The molecule has 1 fully saturated rings. The molecule has 1 heterocycles. The lowest BCUT2D eigenvalue weighted by Crippen LogP contribution is -2.29. The lowest BCUT2D eigenvalue weighted by Gasteiger charge is -2.28. The van der Waals surface area contributed by atoms with Crippen LogP contribution in [0.2, 0.25) is 0 Å². The summed E-state index contributed by atoms with van der Waals surface area (Å²) >= 11 is 0. The molecule has 1 saturated heterocycles. The molecule has 2 atom stereocenters. The minimum Gasteiger partial charge on any atom is -0.369 e. The van der Waals surface area contributed by atoms with Gasteiger partial charge in [0.25, 0.3) is 0 Å². The van der Waals surface area contributed by atoms with E-state index in [-0.39, 0.29) is 11.2 Å². The molecular formula is C10H20O. The zero-order valence-electron chi connectivity index (χ0n) is 8.24. The van der Waals surface area contributed by atoms with E-state index in [0.29, 0.717) is 0 Å². The smallest absolute Gasteiger partial charge is 0.0660 e. The van der Waals surface area contributed by atoms with Crippen LogP contribution in [0, 0.1) is 0 Å². The molecule has 1 heteroatoms. The first-order valence-corrected chi connectivity index (χ1v) is 4.74. The van der Waals surface area contributed by atoms with E-state index in [0.717, 1.165) is 12.8 Å². The van der Waals surface area contributed by atoms with Gasteiger partial charge in [-0.15, -0.1) is 0 Å². The molecule has 1 aliphatic heterocycles. The molecule has 0 amide bonds. The zero-order valence-corrected chi connectivity index (χ0v) is 8.24. The molecular weight excluding hydrogens is 136 g/mol. The van der Waals surface area contributed by atoms with Gasteiger partial charge in [-0.1, -0.05) is 13.8 Å². The largest absolute Gasteiger partial charge is 0.369 e. The molecule has 0 N–H and O–H groups in total. The predicted molar refractivity (Wildman–Crippen MR) is 47.7 cm³/mol. The first-order valence-electron chi connectivity index (χ1n) is 4.74. The van der Waals surface area contributed by atoms with Crippen LogP contribution in [0.25, 0.3) is 0 Å². The third kappa shape index (κ3) is 1.76. The maximum Gasteiger partial charge on any atom is 0.0660 e. The van der Waals surface area contributed by atoms with Crippen LogP contribution in [-0.4, -0.2) is 11.2 Å². The quantitative estimate of drug-likeness (QED) is 0.597. The van der Waals surface area contributed by atoms with Crippen molar-refractivity contribution in [3.05, 3.63) is 0 Å². The summed E-state index contributed by atoms with van der Waals surface area (Å²) in [5.41, 5.74) is 0.343. The van der Waals surface area contributed by atoms with Gasteiger partial charge in [0.2, 0.25) is 0 Å². The molecule has 66 valence electrons. The highest BCUT2D eigenvalue weighted by Gasteiger charge is 2.40. The molecule has 1 aliphatic rings. The summed E-state index contributed by atoms with van der Waals surface area (Å²) in [6.45, 7) is 8.88. The lowest BCUT2D eigenvalue weighted by atomic mass is 9.95. The van der Waals surface area contributed by atoms with E-state index in [2.05, 4.69) is 27.7 Å². The maximum atomic E-state index is 6.03. The fourth-order valence-corrected chi connectivity index (χ4v) is 1.72. The van der Waals surface area contributed by atoms with Crippen LogP contribution in [0.1, 0.15) is 53.4 Å². The van der Waals surface area contributed by atoms with Crippen LogP contribution in [0.15, 0.2) is 0 Å². The fourth-order valence-electron chi connectivity index (χ4n) is 1.72. The van der Waals surface area contributed by atoms with E-state index in [9.17, 15) is 0 Å². The van der Waals surface area contributed by atoms with Gasteiger partial charge >= 0.3 is 0 Å². The molecule has 0 radical (unpaired) electrons. The normalized spacial score (nSPS) is 44.7. The summed E-state index contributed by atoms with van der Waals surface area (Å²) < 4.78 is 6.03. The molecule has 0 bridgehead atoms. The van der Waals surface area contributed by atoms with Crippen molar-refractivity contribution in [2.45, 2.75) is 64.6 Å². The third-order valence-electron chi connectivity index (χ3n) is 3.17. The van der Waals surface area contributed by atoms with Gasteiger partial charge in [0.1, 0.15) is 0 Å². The summed E-state index contributed by atoms with van der Waals surface area (Å²) in [4.78, 5) is 0. The summed E-state index contributed by atoms with van der Waals surface area (Å²) in [6, 6.07) is 0. The zero-order chi connectivity index (χ0) is 8.54. The van der Waals surface area contributed by atoms with Gasteiger partial charge in [-0.25, -0.2) is 0 Å². The fraction of sp³-hybridized carbons (Fsp3) is 1.00. The van der Waals surface area contributed by atoms with Crippen molar-refractivity contribution in [2.75, 3.05) is 0 Å². The molecule has 0 spiro atoms. The van der Waals surface area contributed by atoms with Crippen molar-refractivity contribution in [1.82, 2.24) is 0 Å². The van der Waals surface area contributed by atoms with Crippen LogP contribution in [0.5, 0.6) is 0 Å². The molecule has 11 heavy (non-hydrogen) atoms. The Hall–Kier alpha value is -0.0400. The van der Waals surface area contributed by atoms with Crippen molar-refractivity contribution >= 4 is 0 Å². The SMILES string of the molecule is CCC1(C)CCC(C)(CC)O1. The van der Waals surface area contributed by atoms with Crippen molar-refractivity contribution < 1.29 is 4.74 Å². The second-order valence-electron chi connectivity index (χ2n) is 4.21. The average molecular weight is 156 g/mol. The summed E-state index contributed by atoms with van der Waals surface area (Å²) in [5.74, 6) is 0. The van der Waals surface area contributed by atoms with E-state index in [1.165, 1.54) is 12.8 Å². The Morgan fingerprint density at radius 2 is 1.36 bits per heavy atom. The molecule has 0 aromatic rings. The first-order chi connectivity index (χ1) is 5.04. The van der Waals surface area contributed by atoms with Crippen molar-refractivity contribution in [3.8, 4) is 0 Å². The second kappa shape index (κ2) is 2.78. The molecule has 1 rings (SSSR count). The highest BCUT2D eigenvalue weighted by Crippen LogP contribution is 2.40. The van der Waals surface area contributed by atoms with E-state index in [1.807, 2.05) is 0 Å². The Morgan fingerprint density at radius 1 is 1.00 bits per heavy atom. The Balaban J connectivity index is 2.58. The average Bonchev–Trinajstić information content (AvgIpc) is 2.30. The maximum absolute atomic E-state index is 6.03. The number of rotatable bonds is 2. The number of hydrogen-bond donors (Lipinski definition) is 0. The van der Waals surface area contributed by atoms with Crippen LogP contribution < -0.4 is 0 Å². The van der Waals surface area contributed by atoms with Crippen LogP contribution in [0.3, 0.4) is 0 Å². The van der Waals surface area contributed by atoms with Crippen molar-refractivity contribution in [3.63, 3.8) is 0 Å². The topological polar surface area (TPSA) is 9.23 Å². The van der Waals surface area contributed by atoms with E-state index < -0.39 is 0 Å². The van der Waals surface area contributed by atoms with Gasteiger partial charge < -0.3 is 4.74 Å². The molecule has 0 aromatic carbocycles. The standard InChI is InChI=1S/C10H20O/c1-5-9(3)7-8-10(4,6-2)11-9/h5-8H2,1-4H3. The van der Waals surface area contributed by atoms with Gasteiger partial charge in [0.05, 0.1) is 11.2 Å². The van der Waals surface area contributed by atoms with Gasteiger partial charge in [0, 0.05) is 0 Å². The summed E-state index contributed by atoms with van der Waals surface area (Å²) in [5, 5.41) is 0. The molecule has 0 saturated carbocycles. The molecule has 0 aliphatic carbocycles. The Morgan fingerprint density at radius 3 is 1.55 bits per heavy atom. The summed E-state index contributed by atoms with van der Waals surface area (Å²) in [7, 11) is 0. The molecule has 1 nitrogen and oxygen atoms in total. The number of hydrogen-bond acceptors (Lipinski definition) is 1. The van der Waals surface area contributed by atoms with Crippen LogP contribution in [-0.2, 0) is 4.74 Å². The minimum atomic E-state index is 0.171. The molecule has 0 aromatic heterocycles. The second-order valence-corrected chi connectivity index (χ2v) is 4.21. The lowest BCUT2D eigenvalue weighted by molar-refractivity contribution is -0.0880. The third-order valence-corrected chi connectivity index (χ3v) is 3.17. The van der Waals surface area contributed by atoms with Crippen LogP contribution >= 0.6 is 0 Å². The first kappa shape index (κ1) is 9.05. The van der Waals surface area contributed by atoms with Crippen LogP contribution in [0.4, 0.5) is 0 Å². The number of ether oxygens (including phenoxy) is 1. The van der Waals surface area contributed by atoms with E-state index in [4.69, 9.17) is 4.74 Å². The van der Waals surface area contributed by atoms with E-state index >= 15 is 0 Å². The Bertz CT molecular complexity index is 128. The Labute approximate surface area is 70.1 Å². The molecule has 2 unspecified atom stereocenters. The van der Waals surface area contributed by atoms with Crippen molar-refractivity contribution in [1.29, 1.82) is 0 Å².